The van der Waals surface area contributed by atoms with Crippen LogP contribution in [0.1, 0.15) is 31.2 Å². The molecule has 0 heterocycles. The number of benzene rings is 1. The van der Waals surface area contributed by atoms with Crippen molar-refractivity contribution in [3.05, 3.63) is 35.9 Å². The van der Waals surface area contributed by atoms with Gasteiger partial charge >= 0.3 is 0 Å². The molecule has 0 radical (unpaired) electrons. The van der Waals surface area contributed by atoms with Gasteiger partial charge in [-0.25, -0.2) is 0 Å². The average molecular weight is 251 g/mol. The van der Waals surface area contributed by atoms with Crippen molar-refractivity contribution in [3.8, 4) is 0 Å². The molecule has 102 valence electrons. The largest absolute Gasteiger partial charge is 0.356 e. The number of carbonyl (C=O) groups excluding carboxylic acids is 1. The highest BCUT2D eigenvalue weighted by molar-refractivity contribution is 5.78. The third-order valence-corrected chi connectivity index (χ3v) is 2.66. The van der Waals surface area contributed by atoms with E-state index in [1.165, 1.54) is 0 Å². The van der Waals surface area contributed by atoms with Gasteiger partial charge in [0.2, 0.25) is 5.91 Å². The highest BCUT2D eigenvalue weighted by Gasteiger charge is 2.01. The van der Waals surface area contributed by atoms with Crippen LogP contribution in [0.25, 0.3) is 0 Å². The zero-order valence-corrected chi connectivity index (χ0v) is 11.0. The molecule has 0 atom stereocenters. The predicted molar refractivity (Wildman–Crippen MR) is 75.7 cm³/mol. The highest BCUT2D eigenvalue weighted by atomic mass is 16.1. The number of hydrogen-bond acceptors (Lipinski definition) is 3. The maximum Gasteiger partial charge on any atom is 0.224 e. The summed E-state index contributed by atoms with van der Waals surface area (Å²) in [5.74, 6) is 0.107. The molecule has 1 amide bonds. The molecule has 0 saturated heterocycles. The maximum atomic E-state index is 11.6. The number of carbonyl (C=O) groups is 1. The van der Waals surface area contributed by atoms with Gasteiger partial charge in [-0.1, -0.05) is 43.2 Å². The molecule has 0 aliphatic carbocycles. The Morgan fingerprint density at radius 1 is 1.06 bits per heavy atom. The van der Waals surface area contributed by atoms with E-state index in [1.807, 2.05) is 30.3 Å². The molecule has 0 aliphatic rings. The Morgan fingerprint density at radius 2 is 1.72 bits per heavy atom. The van der Waals surface area contributed by atoms with Crippen molar-refractivity contribution in [2.45, 2.75) is 32.1 Å². The van der Waals surface area contributed by atoms with Crippen molar-refractivity contribution in [3.63, 3.8) is 0 Å². The van der Waals surface area contributed by atoms with E-state index in [4.69, 9.17) is 5.73 Å². The van der Waals surface area contributed by atoms with E-state index in [2.05, 4.69) is 5.32 Å². The van der Waals surface area contributed by atoms with Crippen LogP contribution in [0.4, 0.5) is 0 Å². The molecular weight excluding hydrogens is 226 g/mol. The first-order chi connectivity index (χ1) is 8.33. The summed E-state index contributed by atoms with van der Waals surface area (Å²) in [5.41, 5.74) is 6.47. The monoisotopic (exact) mass is 251 g/mol. The summed E-state index contributed by atoms with van der Waals surface area (Å²) in [5, 5.41) is 2.94. The van der Waals surface area contributed by atoms with Crippen molar-refractivity contribution >= 4 is 5.91 Å². The molecule has 18 heavy (non-hydrogen) atoms. The smallest absolute Gasteiger partial charge is 0.224 e. The van der Waals surface area contributed by atoms with E-state index >= 15 is 0 Å². The number of nitrogens with one attached hydrogen (secondary N) is 1. The molecule has 4 nitrogen and oxygen atoms in total. The van der Waals surface area contributed by atoms with Gasteiger partial charge in [-0.05, 0) is 24.9 Å². The first-order valence-corrected chi connectivity index (χ1v) is 6.33. The third-order valence-electron chi connectivity index (χ3n) is 2.66. The van der Waals surface area contributed by atoms with E-state index in [0.29, 0.717) is 6.42 Å². The standard InChI is InChI=1S/C14H22N2O.H3N/c15-10-6-1-2-7-11-16-14(17)12-13-8-4-3-5-9-13;/h3-5,8-9H,1-2,6-7,10-12,15H2,(H,16,17);1H3. The van der Waals surface area contributed by atoms with Crippen molar-refractivity contribution in [1.29, 1.82) is 0 Å². The molecule has 4 heteroatoms. The van der Waals surface area contributed by atoms with Crippen LogP contribution >= 0.6 is 0 Å². The van der Waals surface area contributed by atoms with Crippen molar-refractivity contribution < 1.29 is 4.79 Å². The summed E-state index contributed by atoms with van der Waals surface area (Å²) in [7, 11) is 0. The highest BCUT2D eigenvalue weighted by Crippen LogP contribution is 2.00. The lowest BCUT2D eigenvalue weighted by molar-refractivity contribution is -0.120. The second-order valence-electron chi connectivity index (χ2n) is 4.22. The van der Waals surface area contributed by atoms with Gasteiger partial charge in [-0.2, -0.15) is 0 Å². The van der Waals surface area contributed by atoms with E-state index in [-0.39, 0.29) is 12.1 Å². The van der Waals surface area contributed by atoms with Crippen LogP contribution < -0.4 is 17.2 Å². The second-order valence-corrected chi connectivity index (χ2v) is 4.22. The van der Waals surface area contributed by atoms with Gasteiger partial charge in [-0.15, -0.1) is 0 Å². The summed E-state index contributed by atoms with van der Waals surface area (Å²) >= 11 is 0. The molecule has 0 bridgehead atoms. The molecule has 1 aromatic rings. The Morgan fingerprint density at radius 3 is 2.39 bits per heavy atom. The fourth-order valence-electron chi connectivity index (χ4n) is 1.69. The molecule has 0 aliphatic heterocycles. The summed E-state index contributed by atoms with van der Waals surface area (Å²) in [4.78, 5) is 11.6. The lowest BCUT2D eigenvalue weighted by Gasteiger charge is -2.05. The first-order valence-electron chi connectivity index (χ1n) is 6.33. The minimum Gasteiger partial charge on any atom is -0.356 e. The van der Waals surface area contributed by atoms with Crippen LogP contribution in [0.15, 0.2) is 30.3 Å². The molecule has 0 saturated carbocycles. The first kappa shape index (κ1) is 16.6. The van der Waals surface area contributed by atoms with Crippen LogP contribution in [0.3, 0.4) is 0 Å². The number of unbranched alkanes of at least 4 members (excludes halogenated alkanes) is 3. The molecule has 1 rings (SSSR count). The van der Waals surface area contributed by atoms with E-state index in [9.17, 15) is 4.79 Å². The normalized spacial score (nSPS) is 9.61. The van der Waals surface area contributed by atoms with E-state index in [0.717, 1.165) is 44.3 Å². The Bertz CT molecular complexity index is 314. The van der Waals surface area contributed by atoms with E-state index in [1.54, 1.807) is 0 Å². The van der Waals surface area contributed by atoms with Gasteiger partial charge in [0.25, 0.3) is 0 Å². The van der Waals surface area contributed by atoms with Crippen LogP contribution in [0, 0.1) is 0 Å². The topological polar surface area (TPSA) is 90.1 Å². The number of rotatable bonds is 8. The van der Waals surface area contributed by atoms with Crippen molar-refractivity contribution in [2.75, 3.05) is 13.1 Å². The zero-order valence-electron chi connectivity index (χ0n) is 11.0. The average Bonchev–Trinajstić information content (AvgIpc) is 2.35. The molecular formula is C14H25N3O. The Kier molecular flexibility index (Phi) is 9.91. The third kappa shape index (κ3) is 7.81. The quantitative estimate of drug-likeness (QED) is 0.617. The van der Waals surface area contributed by atoms with Gasteiger partial charge in [0, 0.05) is 6.54 Å². The number of amides is 1. The van der Waals surface area contributed by atoms with Gasteiger partial charge in [0.15, 0.2) is 0 Å². The van der Waals surface area contributed by atoms with Crippen LogP contribution in [-0.4, -0.2) is 19.0 Å². The fourth-order valence-corrected chi connectivity index (χ4v) is 1.69. The molecule has 0 spiro atoms. The Balaban J connectivity index is 0.00000289. The maximum absolute atomic E-state index is 11.6. The lowest BCUT2D eigenvalue weighted by Crippen LogP contribution is -2.26. The number of nitrogens with two attached hydrogens (primary N) is 1. The van der Waals surface area contributed by atoms with Gasteiger partial charge < -0.3 is 17.2 Å². The molecule has 0 aromatic heterocycles. The van der Waals surface area contributed by atoms with Gasteiger partial charge in [0.05, 0.1) is 6.42 Å². The van der Waals surface area contributed by atoms with Crippen LogP contribution in [0.2, 0.25) is 0 Å². The zero-order chi connectivity index (χ0) is 12.3. The van der Waals surface area contributed by atoms with E-state index < -0.39 is 0 Å². The lowest BCUT2D eigenvalue weighted by atomic mass is 10.1. The van der Waals surface area contributed by atoms with Gasteiger partial charge in [0.1, 0.15) is 0 Å². The number of hydrogen-bond donors (Lipinski definition) is 3. The summed E-state index contributed by atoms with van der Waals surface area (Å²) in [6.07, 6.45) is 4.90. The molecule has 6 N–H and O–H groups in total. The minimum atomic E-state index is 0. The summed E-state index contributed by atoms with van der Waals surface area (Å²) in [6.45, 7) is 1.54. The second kappa shape index (κ2) is 10.7. The minimum absolute atomic E-state index is 0. The predicted octanol–water partition coefficient (Wildman–Crippen LogP) is 2.03. The summed E-state index contributed by atoms with van der Waals surface area (Å²) < 4.78 is 0. The molecule has 0 fully saturated rings. The summed E-state index contributed by atoms with van der Waals surface area (Å²) in [6, 6.07) is 9.81. The van der Waals surface area contributed by atoms with Crippen molar-refractivity contribution in [1.82, 2.24) is 11.5 Å². The van der Waals surface area contributed by atoms with Crippen LogP contribution in [-0.2, 0) is 11.2 Å². The fraction of sp³-hybridized carbons (Fsp3) is 0.500. The molecule has 0 unspecified atom stereocenters. The Hall–Kier alpha value is -1.39. The SMILES string of the molecule is N.NCCCCCCNC(=O)Cc1ccccc1. The molecule has 1 aromatic carbocycles. The van der Waals surface area contributed by atoms with Crippen molar-refractivity contribution in [2.24, 2.45) is 5.73 Å². The van der Waals surface area contributed by atoms with Gasteiger partial charge in [-0.3, -0.25) is 4.79 Å². The Labute approximate surface area is 110 Å². The van der Waals surface area contributed by atoms with Crippen LogP contribution in [0.5, 0.6) is 0 Å².